The van der Waals surface area contributed by atoms with E-state index in [0.717, 1.165) is 5.69 Å². The number of amides is 2. The lowest BCUT2D eigenvalue weighted by molar-refractivity contribution is -0.115. The summed E-state index contributed by atoms with van der Waals surface area (Å²) in [4.78, 5) is 39.5. The number of hydrogen-bond donors (Lipinski definition) is 1. The first-order chi connectivity index (χ1) is 16.2. The van der Waals surface area contributed by atoms with Crippen LogP contribution < -0.4 is 10.1 Å². The van der Waals surface area contributed by atoms with E-state index in [-0.39, 0.29) is 35.7 Å². The average Bonchev–Trinajstić information content (AvgIpc) is 3.35. The third kappa shape index (κ3) is 4.84. The average molecular weight is 491 g/mol. The highest BCUT2D eigenvalue weighted by atomic mass is 35.5. The predicted molar refractivity (Wildman–Crippen MR) is 119 cm³/mol. The number of aryl methyl sites for hydroxylation is 1. The molecule has 1 aliphatic heterocycles. The zero-order valence-electron chi connectivity index (χ0n) is 18.3. The number of carbonyl (C=O) groups excluding carboxylic acids is 2. The first-order valence-electron chi connectivity index (χ1n) is 10.3. The summed E-state index contributed by atoms with van der Waals surface area (Å²) in [7, 11) is 1.80. The van der Waals surface area contributed by atoms with Crippen LogP contribution in [0.15, 0.2) is 37.1 Å². The normalized spacial score (nSPS) is 13.8. The number of alkyl halides is 2. The van der Waals surface area contributed by atoms with Gasteiger partial charge in [0.15, 0.2) is 6.61 Å². The highest BCUT2D eigenvalue weighted by molar-refractivity contribution is 6.31. The van der Waals surface area contributed by atoms with E-state index in [9.17, 15) is 18.4 Å². The molecule has 4 heterocycles. The number of imidazole rings is 1. The van der Waals surface area contributed by atoms with Crippen LogP contribution in [-0.4, -0.2) is 49.3 Å². The number of fused-ring (bicyclic) bond motifs is 1. The third-order valence-corrected chi connectivity index (χ3v) is 5.79. The third-order valence-electron chi connectivity index (χ3n) is 5.52. The molecule has 1 atom stereocenters. The maximum absolute atomic E-state index is 13.1. The van der Waals surface area contributed by atoms with Crippen molar-refractivity contribution in [1.29, 1.82) is 0 Å². The van der Waals surface area contributed by atoms with Crippen molar-refractivity contribution >= 4 is 29.2 Å². The number of aromatic nitrogens is 4. The topological polar surface area (TPSA) is 102 Å². The van der Waals surface area contributed by atoms with Gasteiger partial charge in [0, 0.05) is 42.5 Å². The number of hydrogen-bond acceptors (Lipinski definition) is 6. The fraction of sp³-hybridized carbons (Fsp3) is 0.318. The van der Waals surface area contributed by atoms with Gasteiger partial charge in [-0.25, -0.2) is 23.7 Å². The lowest BCUT2D eigenvalue weighted by atomic mass is 10.1. The summed E-state index contributed by atoms with van der Waals surface area (Å²) in [6, 6.07) is 2.70. The molecule has 1 aliphatic rings. The van der Waals surface area contributed by atoms with Gasteiger partial charge in [-0.2, -0.15) is 0 Å². The Hall–Kier alpha value is -3.60. The van der Waals surface area contributed by atoms with E-state index in [4.69, 9.17) is 16.3 Å². The van der Waals surface area contributed by atoms with Gasteiger partial charge in [0.25, 0.3) is 12.3 Å². The summed E-state index contributed by atoms with van der Waals surface area (Å²) in [5.74, 6) is -0.295. The maximum atomic E-state index is 13.1. The van der Waals surface area contributed by atoms with Crippen molar-refractivity contribution in [2.24, 2.45) is 7.05 Å². The monoisotopic (exact) mass is 490 g/mol. The van der Waals surface area contributed by atoms with Crippen molar-refractivity contribution in [3.05, 3.63) is 64.5 Å². The fourth-order valence-electron chi connectivity index (χ4n) is 3.66. The molecule has 34 heavy (non-hydrogen) atoms. The molecule has 0 bridgehead atoms. The molecule has 4 rings (SSSR count). The number of carbonyl (C=O) groups is 2. The van der Waals surface area contributed by atoms with Crippen LogP contribution in [0.1, 0.15) is 40.1 Å². The molecular formula is C22H21ClF2N6O3. The number of nitrogens with zero attached hydrogens (tertiary/aromatic N) is 5. The minimum atomic E-state index is -2.65. The van der Waals surface area contributed by atoms with Crippen LogP contribution in [0.4, 0.5) is 14.6 Å². The largest absolute Gasteiger partial charge is 0.471 e. The van der Waals surface area contributed by atoms with Gasteiger partial charge < -0.3 is 19.5 Å². The van der Waals surface area contributed by atoms with Crippen molar-refractivity contribution in [2.75, 3.05) is 11.9 Å². The Morgan fingerprint density at radius 2 is 2.12 bits per heavy atom. The molecule has 3 aromatic rings. The van der Waals surface area contributed by atoms with Gasteiger partial charge in [-0.15, -0.1) is 0 Å². The molecule has 9 nitrogen and oxygen atoms in total. The zero-order valence-corrected chi connectivity index (χ0v) is 19.1. The summed E-state index contributed by atoms with van der Waals surface area (Å²) in [5.41, 5.74) is 2.38. The Labute approximate surface area is 198 Å². The van der Waals surface area contributed by atoms with Gasteiger partial charge in [-0.3, -0.25) is 9.59 Å². The molecule has 0 fully saturated rings. The number of rotatable bonds is 8. The van der Waals surface area contributed by atoms with Crippen LogP contribution in [0, 0.1) is 0 Å². The summed E-state index contributed by atoms with van der Waals surface area (Å²) in [6.07, 6.45) is 3.58. The SMILES string of the molecule is CC(c1cnc(OCC(F)F)c(Cl)c1)N1Cc2c(ccnc2NC(=O)Cc2cncn2C)C1=O. The second kappa shape index (κ2) is 9.72. The lowest BCUT2D eigenvalue weighted by Gasteiger charge is -2.25. The highest BCUT2D eigenvalue weighted by Gasteiger charge is 2.34. The van der Waals surface area contributed by atoms with Crippen molar-refractivity contribution in [3.8, 4) is 5.88 Å². The molecule has 3 aromatic heterocycles. The Balaban J connectivity index is 1.49. The standard InChI is InChI=1S/C22H21ClF2N6O3/c1-12(13-5-17(23)21(28-7-13)34-10-18(24)25)31-9-16-15(22(31)33)3-4-27-20(16)29-19(32)6-14-8-26-11-30(14)2/h3-5,7-8,11-12,18H,6,9-10H2,1-2H3,(H,27,29,32). The molecule has 0 aromatic carbocycles. The van der Waals surface area contributed by atoms with Gasteiger partial charge in [0.05, 0.1) is 25.3 Å². The maximum Gasteiger partial charge on any atom is 0.272 e. The number of ether oxygens (including phenoxy) is 1. The van der Waals surface area contributed by atoms with Crippen LogP contribution in [0.25, 0.3) is 0 Å². The lowest BCUT2D eigenvalue weighted by Crippen LogP contribution is -2.27. The highest BCUT2D eigenvalue weighted by Crippen LogP contribution is 2.35. The molecule has 0 spiro atoms. The molecule has 0 saturated carbocycles. The van der Waals surface area contributed by atoms with Gasteiger partial charge in [0.1, 0.15) is 10.8 Å². The van der Waals surface area contributed by atoms with Crippen molar-refractivity contribution in [3.63, 3.8) is 0 Å². The van der Waals surface area contributed by atoms with E-state index in [1.807, 2.05) is 0 Å². The molecule has 12 heteroatoms. The second-order valence-corrected chi connectivity index (χ2v) is 8.18. The van der Waals surface area contributed by atoms with Crippen LogP contribution in [0.2, 0.25) is 5.02 Å². The van der Waals surface area contributed by atoms with E-state index in [1.54, 1.807) is 42.0 Å². The summed E-state index contributed by atoms with van der Waals surface area (Å²) in [5, 5.41) is 2.85. The van der Waals surface area contributed by atoms with E-state index >= 15 is 0 Å². The number of pyridine rings is 2. The minimum Gasteiger partial charge on any atom is -0.471 e. The Bertz CT molecular complexity index is 1240. The van der Waals surface area contributed by atoms with Gasteiger partial charge >= 0.3 is 0 Å². The molecule has 2 amide bonds. The number of halogens is 3. The summed E-state index contributed by atoms with van der Waals surface area (Å²) < 4.78 is 31.4. The first-order valence-corrected chi connectivity index (χ1v) is 10.7. The van der Waals surface area contributed by atoms with Crippen LogP contribution in [0.3, 0.4) is 0 Å². The molecule has 0 aliphatic carbocycles. The molecule has 0 radical (unpaired) electrons. The van der Waals surface area contributed by atoms with Crippen molar-refractivity contribution in [1.82, 2.24) is 24.4 Å². The molecular weight excluding hydrogens is 470 g/mol. The van der Waals surface area contributed by atoms with E-state index in [1.165, 1.54) is 18.5 Å². The van der Waals surface area contributed by atoms with E-state index < -0.39 is 19.1 Å². The quantitative estimate of drug-likeness (QED) is 0.519. The molecule has 1 N–H and O–H groups in total. The summed E-state index contributed by atoms with van der Waals surface area (Å²) >= 11 is 6.14. The van der Waals surface area contributed by atoms with E-state index in [2.05, 4.69) is 20.3 Å². The van der Waals surface area contributed by atoms with Crippen LogP contribution >= 0.6 is 11.6 Å². The summed E-state index contributed by atoms with van der Waals surface area (Å²) in [6.45, 7) is 1.19. The van der Waals surface area contributed by atoms with Gasteiger partial charge in [0.2, 0.25) is 11.8 Å². The van der Waals surface area contributed by atoms with Crippen molar-refractivity contribution < 1.29 is 23.1 Å². The number of anilines is 1. The Morgan fingerprint density at radius 1 is 1.32 bits per heavy atom. The zero-order chi connectivity index (χ0) is 24.4. The van der Waals surface area contributed by atoms with Gasteiger partial charge in [-0.1, -0.05) is 11.6 Å². The first kappa shape index (κ1) is 23.6. The minimum absolute atomic E-state index is 0.0685. The predicted octanol–water partition coefficient (Wildman–Crippen LogP) is 3.41. The molecule has 178 valence electrons. The smallest absolute Gasteiger partial charge is 0.272 e. The molecule has 0 saturated heterocycles. The number of nitrogens with one attached hydrogen (secondary N) is 1. The van der Waals surface area contributed by atoms with Gasteiger partial charge in [-0.05, 0) is 24.6 Å². The van der Waals surface area contributed by atoms with Crippen LogP contribution in [0.5, 0.6) is 5.88 Å². The van der Waals surface area contributed by atoms with Crippen LogP contribution in [-0.2, 0) is 24.8 Å². The fourth-order valence-corrected chi connectivity index (χ4v) is 3.89. The van der Waals surface area contributed by atoms with E-state index in [0.29, 0.717) is 22.5 Å². The molecule has 1 unspecified atom stereocenters. The van der Waals surface area contributed by atoms with Crippen molar-refractivity contribution in [2.45, 2.75) is 32.4 Å². The Morgan fingerprint density at radius 3 is 2.79 bits per heavy atom. The Kier molecular flexibility index (Phi) is 6.73. The second-order valence-electron chi connectivity index (χ2n) is 7.77.